The number of rotatable bonds is 5. The van der Waals surface area contributed by atoms with Crippen molar-refractivity contribution in [2.24, 2.45) is 0 Å². The van der Waals surface area contributed by atoms with Gasteiger partial charge in [0.15, 0.2) is 0 Å². The zero-order chi connectivity index (χ0) is 16.1. The minimum Gasteiger partial charge on any atom is -0.340 e. The number of nitrogens with one attached hydrogen (secondary N) is 1. The van der Waals surface area contributed by atoms with Gasteiger partial charge in [0, 0.05) is 76.7 Å². The van der Waals surface area contributed by atoms with Gasteiger partial charge in [-0.1, -0.05) is 11.6 Å². The van der Waals surface area contributed by atoms with Crippen molar-refractivity contribution in [1.82, 2.24) is 20.0 Å². The molecule has 0 atom stereocenters. The van der Waals surface area contributed by atoms with E-state index in [1.807, 2.05) is 11.0 Å². The third kappa shape index (κ3) is 7.21. The van der Waals surface area contributed by atoms with Crippen molar-refractivity contribution in [2.45, 2.75) is 13.0 Å². The number of carbonyl (C=O) groups is 1. The van der Waals surface area contributed by atoms with Crippen LogP contribution in [0.5, 0.6) is 0 Å². The Hall–Kier alpha value is -0.0800. The third-order valence-electron chi connectivity index (χ3n) is 4.58. The smallest absolute Gasteiger partial charge is 0.223 e. The Kier molecular flexibility index (Phi) is 10.6. The minimum atomic E-state index is 0. The second-order valence-corrected chi connectivity index (χ2v) is 8.00. The molecule has 1 amide bonds. The summed E-state index contributed by atoms with van der Waals surface area (Å²) in [4.78, 5) is 20.4. The van der Waals surface area contributed by atoms with Crippen LogP contribution >= 0.6 is 47.8 Å². The Bertz CT molecular complexity index is 517. The lowest BCUT2D eigenvalue weighted by molar-refractivity contribution is -0.132. The van der Waals surface area contributed by atoms with Crippen molar-refractivity contribution in [3.05, 3.63) is 21.3 Å². The number of hydrogen-bond acceptors (Lipinski definition) is 5. The third-order valence-corrected chi connectivity index (χ3v) is 5.80. The fourth-order valence-corrected chi connectivity index (χ4v) is 4.28. The monoisotopic (exact) mass is 428 g/mol. The molecular formula is C16H27Cl3N4OS. The zero-order valence-corrected chi connectivity index (χ0v) is 17.5. The average Bonchev–Trinajstić information content (AvgIpc) is 2.99. The van der Waals surface area contributed by atoms with Gasteiger partial charge in [0.25, 0.3) is 0 Å². The fraction of sp³-hybridized carbons (Fsp3) is 0.688. The number of amides is 1. The lowest BCUT2D eigenvalue weighted by atomic mass is 10.2. The average molecular weight is 430 g/mol. The molecule has 2 fully saturated rings. The molecule has 2 saturated heterocycles. The molecular weight excluding hydrogens is 403 g/mol. The Balaban J connectivity index is 0.00000156. The molecule has 1 aromatic rings. The normalized spacial score (nSPS) is 19.2. The maximum absolute atomic E-state index is 12.2. The van der Waals surface area contributed by atoms with E-state index in [-0.39, 0.29) is 24.8 Å². The number of piperazine rings is 2. The van der Waals surface area contributed by atoms with E-state index >= 15 is 0 Å². The highest BCUT2D eigenvalue weighted by atomic mass is 35.5. The van der Waals surface area contributed by atoms with Gasteiger partial charge in [0.2, 0.25) is 5.91 Å². The quantitative estimate of drug-likeness (QED) is 0.779. The first-order valence-electron chi connectivity index (χ1n) is 8.38. The zero-order valence-electron chi connectivity index (χ0n) is 14.3. The number of nitrogens with zero attached hydrogens (tertiary/aromatic N) is 3. The van der Waals surface area contributed by atoms with Gasteiger partial charge >= 0.3 is 0 Å². The molecule has 0 spiro atoms. The van der Waals surface area contributed by atoms with Crippen LogP contribution in [0.25, 0.3) is 0 Å². The largest absolute Gasteiger partial charge is 0.340 e. The Morgan fingerprint density at radius 2 is 1.68 bits per heavy atom. The first-order valence-corrected chi connectivity index (χ1v) is 9.57. The van der Waals surface area contributed by atoms with Crippen LogP contribution < -0.4 is 5.32 Å². The summed E-state index contributed by atoms with van der Waals surface area (Å²) in [6.45, 7) is 9.68. The van der Waals surface area contributed by atoms with Crippen LogP contribution in [0.3, 0.4) is 0 Å². The highest BCUT2D eigenvalue weighted by Gasteiger charge is 2.20. The van der Waals surface area contributed by atoms with Crippen LogP contribution in [-0.4, -0.2) is 79.5 Å². The van der Waals surface area contributed by atoms with E-state index < -0.39 is 0 Å². The van der Waals surface area contributed by atoms with Gasteiger partial charge in [-0.3, -0.25) is 9.69 Å². The van der Waals surface area contributed by atoms with Crippen molar-refractivity contribution in [1.29, 1.82) is 0 Å². The predicted molar refractivity (Wildman–Crippen MR) is 110 cm³/mol. The summed E-state index contributed by atoms with van der Waals surface area (Å²) in [5.74, 6) is 0.308. The maximum atomic E-state index is 12.2. The van der Waals surface area contributed by atoms with Crippen LogP contribution in [0.4, 0.5) is 0 Å². The van der Waals surface area contributed by atoms with Crippen molar-refractivity contribution >= 4 is 53.7 Å². The van der Waals surface area contributed by atoms with Gasteiger partial charge < -0.3 is 15.1 Å². The number of thiophene rings is 1. The first-order chi connectivity index (χ1) is 11.2. The Morgan fingerprint density at radius 3 is 2.28 bits per heavy atom. The summed E-state index contributed by atoms with van der Waals surface area (Å²) in [7, 11) is 0. The lowest BCUT2D eigenvalue weighted by Crippen LogP contribution is -2.49. The van der Waals surface area contributed by atoms with E-state index in [0.717, 1.165) is 69.8 Å². The first kappa shape index (κ1) is 23.0. The van der Waals surface area contributed by atoms with E-state index in [2.05, 4.69) is 21.2 Å². The molecule has 144 valence electrons. The summed E-state index contributed by atoms with van der Waals surface area (Å²) in [5.41, 5.74) is 0. The second kappa shape index (κ2) is 11.6. The molecule has 9 heteroatoms. The molecule has 0 aromatic carbocycles. The van der Waals surface area contributed by atoms with E-state index in [1.54, 1.807) is 11.3 Å². The molecule has 0 aliphatic carbocycles. The van der Waals surface area contributed by atoms with Gasteiger partial charge in [-0.05, 0) is 12.1 Å². The minimum absolute atomic E-state index is 0. The second-order valence-electron chi connectivity index (χ2n) is 6.20. The van der Waals surface area contributed by atoms with E-state index in [0.29, 0.717) is 12.3 Å². The lowest BCUT2D eigenvalue weighted by Gasteiger charge is -2.35. The number of halogens is 3. The fourth-order valence-electron chi connectivity index (χ4n) is 3.15. The molecule has 5 nitrogen and oxygen atoms in total. The van der Waals surface area contributed by atoms with Crippen molar-refractivity contribution in [3.63, 3.8) is 0 Å². The molecule has 0 saturated carbocycles. The maximum Gasteiger partial charge on any atom is 0.223 e. The Morgan fingerprint density at radius 1 is 1.04 bits per heavy atom. The van der Waals surface area contributed by atoms with Gasteiger partial charge in [-0.2, -0.15) is 0 Å². The predicted octanol–water partition coefficient (Wildman–Crippen LogP) is 2.18. The number of hydrogen-bond donors (Lipinski definition) is 1. The highest BCUT2D eigenvalue weighted by Crippen LogP contribution is 2.23. The summed E-state index contributed by atoms with van der Waals surface area (Å²) >= 11 is 7.66. The Labute approximate surface area is 171 Å². The van der Waals surface area contributed by atoms with Crippen molar-refractivity contribution < 1.29 is 4.79 Å². The van der Waals surface area contributed by atoms with Gasteiger partial charge in [-0.25, -0.2) is 0 Å². The van der Waals surface area contributed by atoms with Crippen LogP contribution in [0.1, 0.15) is 11.3 Å². The standard InChI is InChI=1S/C16H25ClN4OS.2ClH/c17-15-2-1-14(23-15)13-20-11-9-19(10-12-20)6-3-16(22)21-7-4-18-5-8-21;;/h1-2,18H,3-13H2;2*1H. The molecule has 3 heterocycles. The SMILES string of the molecule is Cl.Cl.O=C(CCN1CCN(Cc2ccc(Cl)s2)CC1)N1CCNCC1. The molecule has 2 aliphatic rings. The van der Waals surface area contributed by atoms with E-state index in [1.165, 1.54) is 4.88 Å². The van der Waals surface area contributed by atoms with Crippen LogP contribution in [0, 0.1) is 0 Å². The molecule has 25 heavy (non-hydrogen) atoms. The van der Waals surface area contributed by atoms with Crippen molar-refractivity contribution in [3.8, 4) is 0 Å². The van der Waals surface area contributed by atoms with Gasteiger partial charge in [-0.15, -0.1) is 36.2 Å². The van der Waals surface area contributed by atoms with Gasteiger partial charge in [0.1, 0.15) is 0 Å². The summed E-state index contributed by atoms with van der Waals surface area (Å²) < 4.78 is 0.866. The summed E-state index contributed by atoms with van der Waals surface area (Å²) in [5, 5.41) is 3.28. The van der Waals surface area contributed by atoms with Gasteiger partial charge in [0.05, 0.1) is 4.34 Å². The topological polar surface area (TPSA) is 38.8 Å². The van der Waals surface area contributed by atoms with E-state index in [9.17, 15) is 4.79 Å². The summed E-state index contributed by atoms with van der Waals surface area (Å²) in [6.07, 6.45) is 0.653. The molecule has 1 aromatic heterocycles. The van der Waals surface area contributed by atoms with Crippen LogP contribution in [0.2, 0.25) is 4.34 Å². The highest BCUT2D eigenvalue weighted by molar-refractivity contribution is 7.16. The molecule has 3 rings (SSSR count). The van der Waals surface area contributed by atoms with Crippen LogP contribution in [0.15, 0.2) is 12.1 Å². The molecule has 1 N–H and O–H groups in total. The molecule has 2 aliphatic heterocycles. The molecule has 0 unspecified atom stereocenters. The summed E-state index contributed by atoms with van der Waals surface area (Å²) in [6, 6.07) is 4.09. The van der Waals surface area contributed by atoms with Crippen LogP contribution in [-0.2, 0) is 11.3 Å². The molecule has 0 bridgehead atoms. The van der Waals surface area contributed by atoms with Crippen molar-refractivity contribution in [2.75, 3.05) is 58.9 Å². The molecule has 0 radical (unpaired) electrons. The number of carbonyl (C=O) groups excluding carboxylic acids is 1. The van der Waals surface area contributed by atoms with E-state index in [4.69, 9.17) is 11.6 Å².